The van der Waals surface area contributed by atoms with Crippen LogP contribution in [0, 0.1) is 5.92 Å². The third kappa shape index (κ3) is 5.49. The fourth-order valence-electron chi connectivity index (χ4n) is 3.40. The molecule has 0 radical (unpaired) electrons. The summed E-state index contributed by atoms with van der Waals surface area (Å²) in [6, 6.07) is 12.1. The molecule has 7 nitrogen and oxygen atoms in total. The molecule has 2 N–H and O–H groups in total. The van der Waals surface area contributed by atoms with Gasteiger partial charge in [0.05, 0.1) is 6.61 Å². The second-order valence-electron chi connectivity index (χ2n) is 7.85. The van der Waals surface area contributed by atoms with E-state index in [0.29, 0.717) is 25.4 Å². The highest BCUT2D eigenvalue weighted by Crippen LogP contribution is 2.29. The molecule has 0 spiro atoms. The molecule has 1 saturated carbocycles. The minimum atomic E-state index is 0.211. The molecule has 0 unspecified atom stereocenters. The summed E-state index contributed by atoms with van der Waals surface area (Å²) in [5.74, 6) is 2.35. The number of pyridine rings is 1. The maximum Gasteiger partial charge on any atom is 0.227 e. The van der Waals surface area contributed by atoms with Crippen LogP contribution in [-0.4, -0.2) is 37.1 Å². The van der Waals surface area contributed by atoms with Gasteiger partial charge in [-0.05, 0) is 48.4 Å². The van der Waals surface area contributed by atoms with Crippen molar-refractivity contribution in [3.63, 3.8) is 0 Å². The van der Waals surface area contributed by atoms with Crippen molar-refractivity contribution in [2.75, 3.05) is 25.1 Å². The van der Waals surface area contributed by atoms with E-state index in [1.54, 1.807) is 7.05 Å². The number of nitrogens with one attached hydrogen (secondary N) is 2. The summed E-state index contributed by atoms with van der Waals surface area (Å²) in [4.78, 5) is 22.4. The summed E-state index contributed by atoms with van der Waals surface area (Å²) in [5, 5.41) is 6.62. The van der Waals surface area contributed by atoms with Gasteiger partial charge in [0.2, 0.25) is 11.8 Å². The van der Waals surface area contributed by atoms with Crippen molar-refractivity contribution < 1.29 is 9.53 Å². The van der Waals surface area contributed by atoms with Gasteiger partial charge in [-0.3, -0.25) is 9.79 Å². The van der Waals surface area contributed by atoms with E-state index >= 15 is 0 Å². The number of aliphatic imine (C=N–C) groups is 1. The van der Waals surface area contributed by atoms with E-state index in [1.807, 2.05) is 47.5 Å². The number of amides is 1. The Morgan fingerprint density at radius 1 is 1.13 bits per heavy atom. The Hall–Kier alpha value is -3.09. The highest BCUT2D eigenvalue weighted by Gasteiger charge is 2.22. The van der Waals surface area contributed by atoms with Crippen molar-refractivity contribution in [3.8, 4) is 5.88 Å². The monoisotopic (exact) mass is 407 g/mol. The number of carbonyl (C=O) groups excluding carboxylic acids is 1. The van der Waals surface area contributed by atoms with Crippen LogP contribution in [0.5, 0.6) is 5.88 Å². The quantitative estimate of drug-likeness (QED) is 0.520. The van der Waals surface area contributed by atoms with E-state index in [-0.39, 0.29) is 5.91 Å². The number of hydrogen-bond acceptors (Lipinski definition) is 4. The van der Waals surface area contributed by atoms with Gasteiger partial charge < -0.3 is 20.3 Å². The maximum atomic E-state index is 11.9. The Morgan fingerprint density at radius 3 is 2.47 bits per heavy atom. The predicted molar refractivity (Wildman–Crippen MR) is 118 cm³/mol. The lowest BCUT2D eigenvalue weighted by atomic mass is 10.2. The topological polar surface area (TPSA) is 78.9 Å². The van der Waals surface area contributed by atoms with E-state index in [2.05, 4.69) is 20.6 Å². The van der Waals surface area contributed by atoms with E-state index in [1.165, 1.54) is 12.8 Å². The first-order valence-corrected chi connectivity index (χ1v) is 10.6. The van der Waals surface area contributed by atoms with Crippen molar-refractivity contribution in [1.82, 2.24) is 15.6 Å². The number of hydrogen-bond donors (Lipinski definition) is 2. The van der Waals surface area contributed by atoms with Gasteiger partial charge in [0, 0.05) is 51.1 Å². The molecule has 2 fully saturated rings. The number of carbonyl (C=O) groups is 1. The van der Waals surface area contributed by atoms with E-state index < -0.39 is 0 Å². The first kappa shape index (κ1) is 20.2. The van der Waals surface area contributed by atoms with Gasteiger partial charge in [-0.15, -0.1) is 0 Å². The predicted octanol–water partition coefficient (Wildman–Crippen LogP) is 2.86. The second-order valence-corrected chi connectivity index (χ2v) is 7.85. The Bertz CT molecular complexity index is 875. The van der Waals surface area contributed by atoms with Gasteiger partial charge in [-0.1, -0.05) is 18.2 Å². The SMILES string of the molecule is CN=C(NCc1ccc(N2CCCC2=O)cc1)NCc1ccc(OCC2CC2)nc1. The fraction of sp³-hybridized carbons (Fsp3) is 0.435. The van der Waals surface area contributed by atoms with Crippen LogP contribution >= 0.6 is 0 Å². The minimum Gasteiger partial charge on any atom is -0.477 e. The van der Waals surface area contributed by atoms with Crippen LogP contribution in [0.2, 0.25) is 0 Å². The zero-order chi connectivity index (χ0) is 20.8. The first-order valence-electron chi connectivity index (χ1n) is 10.6. The molecule has 158 valence electrons. The minimum absolute atomic E-state index is 0.211. The molecule has 1 aromatic carbocycles. The van der Waals surface area contributed by atoms with Crippen molar-refractivity contribution >= 4 is 17.6 Å². The molecule has 1 aliphatic carbocycles. The molecule has 1 aromatic heterocycles. The molecular weight excluding hydrogens is 378 g/mol. The van der Waals surface area contributed by atoms with Gasteiger partial charge in [-0.2, -0.15) is 0 Å². The van der Waals surface area contributed by atoms with Crippen molar-refractivity contribution in [2.24, 2.45) is 10.9 Å². The molecule has 2 heterocycles. The van der Waals surface area contributed by atoms with E-state index in [4.69, 9.17) is 4.74 Å². The first-order chi connectivity index (χ1) is 14.7. The molecule has 7 heteroatoms. The summed E-state index contributed by atoms with van der Waals surface area (Å²) in [6.45, 7) is 2.87. The lowest BCUT2D eigenvalue weighted by molar-refractivity contribution is -0.117. The molecule has 30 heavy (non-hydrogen) atoms. The highest BCUT2D eigenvalue weighted by atomic mass is 16.5. The number of anilines is 1. The lowest BCUT2D eigenvalue weighted by Crippen LogP contribution is -2.36. The summed E-state index contributed by atoms with van der Waals surface area (Å²) in [5.41, 5.74) is 3.17. The third-order valence-corrected chi connectivity index (χ3v) is 5.43. The molecule has 1 amide bonds. The number of nitrogens with zero attached hydrogens (tertiary/aromatic N) is 3. The van der Waals surface area contributed by atoms with Crippen LogP contribution in [0.4, 0.5) is 5.69 Å². The number of aromatic nitrogens is 1. The lowest BCUT2D eigenvalue weighted by Gasteiger charge is -2.16. The molecular formula is C23H29N5O2. The second kappa shape index (κ2) is 9.61. The van der Waals surface area contributed by atoms with Crippen LogP contribution < -0.4 is 20.3 Å². The van der Waals surface area contributed by atoms with Gasteiger partial charge in [0.1, 0.15) is 0 Å². The molecule has 4 rings (SSSR count). The van der Waals surface area contributed by atoms with E-state index in [9.17, 15) is 4.79 Å². The molecule has 2 aromatic rings. The number of benzene rings is 1. The Kier molecular flexibility index (Phi) is 6.47. The molecule has 0 bridgehead atoms. The number of rotatable bonds is 8. The van der Waals surface area contributed by atoms with Gasteiger partial charge >= 0.3 is 0 Å². The van der Waals surface area contributed by atoms with Crippen LogP contribution in [0.1, 0.15) is 36.8 Å². The van der Waals surface area contributed by atoms with Crippen LogP contribution in [-0.2, 0) is 17.9 Å². The number of ether oxygens (including phenoxy) is 1. The maximum absolute atomic E-state index is 11.9. The highest BCUT2D eigenvalue weighted by molar-refractivity contribution is 5.95. The number of guanidine groups is 1. The fourth-order valence-corrected chi connectivity index (χ4v) is 3.40. The van der Waals surface area contributed by atoms with E-state index in [0.717, 1.165) is 48.3 Å². The van der Waals surface area contributed by atoms with Crippen LogP contribution in [0.25, 0.3) is 0 Å². The smallest absolute Gasteiger partial charge is 0.227 e. The molecule has 1 saturated heterocycles. The molecule has 0 atom stereocenters. The summed E-state index contributed by atoms with van der Waals surface area (Å²) in [6.07, 6.45) is 5.97. The molecule has 1 aliphatic heterocycles. The standard InChI is InChI=1S/C23H29N5O2/c1-24-23(27-15-19-8-11-21(25-14-19)30-16-18-4-5-18)26-13-17-6-9-20(10-7-17)28-12-2-3-22(28)29/h6-11,14,18H,2-5,12-13,15-16H2,1H3,(H2,24,26,27). The Balaban J connectivity index is 1.22. The summed E-state index contributed by atoms with van der Waals surface area (Å²) < 4.78 is 5.68. The zero-order valence-electron chi connectivity index (χ0n) is 17.4. The van der Waals surface area contributed by atoms with Gasteiger partial charge in [-0.25, -0.2) is 4.98 Å². The average Bonchev–Trinajstić information content (AvgIpc) is 3.52. The molecule has 2 aliphatic rings. The summed E-state index contributed by atoms with van der Waals surface area (Å²) in [7, 11) is 1.75. The largest absolute Gasteiger partial charge is 0.477 e. The van der Waals surface area contributed by atoms with Gasteiger partial charge in [0.15, 0.2) is 5.96 Å². The van der Waals surface area contributed by atoms with Crippen LogP contribution in [0.15, 0.2) is 47.6 Å². The van der Waals surface area contributed by atoms with Crippen molar-refractivity contribution in [2.45, 2.75) is 38.8 Å². The van der Waals surface area contributed by atoms with Gasteiger partial charge in [0.25, 0.3) is 0 Å². The Labute approximate surface area is 177 Å². The third-order valence-electron chi connectivity index (χ3n) is 5.43. The Morgan fingerprint density at radius 2 is 1.87 bits per heavy atom. The van der Waals surface area contributed by atoms with Crippen molar-refractivity contribution in [3.05, 3.63) is 53.7 Å². The normalized spacial score (nSPS) is 16.6. The van der Waals surface area contributed by atoms with Crippen LogP contribution in [0.3, 0.4) is 0 Å². The summed E-state index contributed by atoms with van der Waals surface area (Å²) >= 11 is 0. The van der Waals surface area contributed by atoms with Crippen molar-refractivity contribution in [1.29, 1.82) is 0 Å². The zero-order valence-corrected chi connectivity index (χ0v) is 17.4. The average molecular weight is 408 g/mol.